The number of hydrogen-bond acceptors (Lipinski definition) is 3. The van der Waals surface area contributed by atoms with Crippen molar-refractivity contribution in [1.82, 2.24) is 14.3 Å². The number of nitrogens with zero attached hydrogens (tertiary/aromatic N) is 3. The molecule has 4 aromatic carbocycles. The Bertz CT molecular complexity index is 2040. The number of benzene rings is 4. The van der Waals surface area contributed by atoms with Crippen molar-refractivity contribution in [3.63, 3.8) is 0 Å². The minimum absolute atomic E-state index is 0.0718. The van der Waals surface area contributed by atoms with Gasteiger partial charge in [-0.2, -0.15) is 18.3 Å². The molecule has 6 nitrogen and oxygen atoms in total. The summed E-state index contributed by atoms with van der Waals surface area (Å²) < 4.78 is 92.7. The number of carboxylic acid groups (broad SMARTS) is 1. The number of halogens is 6. The molecule has 218 valence electrons. The fourth-order valence-corrected chi connectivity index (χ4v) is 5.05. The lowest BCUT2D eigenvalue weighted by Crippen LogP contribution is -2.09. The van der Waals surface area contributed by atoms with Crippen LogP contribution >= 0.6 is 0 Å². The van der Waals surface area contributed by atoms with E-state index in [1.54, 1.807) is 43.3 Å². The second-order valence-corrected chi connectivity index (χ2v) is 9.83. The van der Waals surface area contributed by atoms with Crippen molar-refractivity contribution in [2.24, 2.45) is 0 Å². The highest BCUT2D eigenvalue weighted by atomic mass is 19.4. The van der Waals surface area contributed by atoms with Crippen LogP contribution in [0.15, 0.2) is 79.0 Å². The van der Waals surface area contributed by atoms with E-state index in [-0.39, 0.29) is 16.8 Å². The van der Waals surface area contributed by atoms with E-state index in [1.165, 1.54) is 24.4 Å². The van der Waals surface area contributed by atoms with Crippen molar-refractivity contribution in [1.29, 1.82) is 0 Å². The van der Waals surface area contributed by atoms with Crippen molar-refractivity contribution in [2.75, 3.05) is 0 Å². The molecule has 2 aromatic heterocycles. The maximum atomic E-state index is 14.6. The van der Waals surface area contributed by atoms with Crippen LogP contribution in [0.5, 0.6) is 11.5 Å². The highest BCUT2D eigenvalue weighted by Crippen LogP contribution is 2.40. The molecule has 6 rings (SSSR count). The van der Waals surface area contributed by atoms with Crippen LogP contribution in [0.25, 0.3) is 33.1 Å². The van der Waals surface area contributed by atoms with Crippen LogP contribution in [-0.4, -0.2) is 25.5 Å². The van der Waals surface area contributed by atoms with Gasteiger partial charge in [-0.3, -0.25) is 9.25 Å². The summed E-state index contributed by atoms with van der Waals surface area (Å²) in [6.07, 6.45) is -4.50. The Hall–Kier alpha value is -5.26. The lowest BCUT2D eigenvalue weighted by Gasteiger charge is -2.13. The van der Waals surface area contributed by atoms with Gasteiger partial charge < -0.3 is 9.84 Å². The molecule has 6 aromatic rings. The Labute approximate surface area is 239 Å². The fourth-order valence-electron chi connectivity index (χ4n) is 5.05. The number of aromatic nitrogens is 3. The largest absolute Gasteiger partial charge is 0.464 e. The van der Waals surface area contributed by atoms with Crippen LogP contribution in [0, 0.1) is 24.4 Å². The van der Waals surface area contributed by atoms with Crippen molar-refractivity contribution in [3.8, 4) is 22.8 Å². The molecule has 12 heteroatoms. The summed E-state index contributed by atoms with van der Waals surface area (Å²) in [5.74, 6) is -2.87. The molecule has 0 spiro atoms. The average Bonchev–Trinajstić information content (AvgIpc) is 3.51. The van der Waals surface area contributed by atoms with Gasteiger partial charge in [-0.05, 0) is 48.9 Å². The number of aryl methyl sites for hydroxylation is 1. The number of rotatable bonds is 5. The number of fused-ring (bicyclic) bond motifs is 2. The number of ether oxygens (including phenoxy) is 1. The van der Waals surface area contributed by atoms with Crippen LogP contribution in [0.3, 0.4) is 0 Å². The third-order valence-corrected chi connectivity index (χ3v) is 7.02. The molecule has 0 aliphatic carbocycles. The van der Waals surface area contributed by atoms with E-state index in [9.17, 15) is 36.2 Å². The Morgan fingerprint density at radius 2 is 1.67 bits per heavy atom. The van der Waals surface area contributed by atoms with Gasteiger partial charge in [0.2, 0.25) is 0 Å². The van der Waals surface area contributed by atoms with Crippen LogP contribution in [0.2, 0.25) is 0 Å². The zero-order valence-electron chi connectivity index (χ0n) is 22.1. The number of carbonyl (C=O) groups is 1. The summed E-state index contributed by atoms with van der Waals surface area (Å²) in [5.41, 5.74) is -0.501. The van der Waals surface area contributed by atoms with Gasteiger partial charge >= 0.3 is 12.3 Å². The zero-order chi connectivity index (χ0) is 30.6. The number of hydrogen-bond donors (Lipinski definition) is 1. The van der Waals surface area contributed by atoms with Crippen molar-refractivity contribution in [3.05, 3.63) is 113 Å². The minimum atomic E-state index is -4.76. The molecule has 43 heavy (non-hydrogen) atoms. The smallest absolute Gasteiger partial charge is 0.418 e. The van der Waals surface area contributed by atoms with E-state index in [1.807, 2.05) is 0 Å². The maximum Gasteiger partial charge on any atom is 0.418 e. The summed E-state index contributed by atoms with van der Waals surface area (Å²) >= 11 is 0. The van der Waals surface area contributed by atoms with E-state index in [0.717, 1.165) is 15.3 Å². The van der Waals surface area contributed by atoms with Crippen LogP contribution in [0.4, 0.5) is 31.1 Å². The monoisotopic (exact) mass is 595 g/mol. The van der Waals surface area contributed by atoms with E-state index < -0.39 is 52.9 Å². The normalized spacial score (nSPS) is 11.9. The van der Waals surface area contributed by atoms with Crippen molar-refractivity contribution in [2.45, 2.75) is 19.6 Å². The summed E-state index contributed by atoms with van der Waals surface area (Å²) in [7, 11) is 0. The Morgan fingerprint density at radius 1 is 0.953 bits per heavy atom. The predicted octanol–water partition coefficient (Wildman–Crippen LogP) is 8.77. The zero-order valence-corrected chi connectivity index (χ0v) is 22.1. The predicted molar refractivity (Wildman–Crippen MR) is 146 cm³/mol. The van der Waals surface area contributed by atoms with E-state index in [0.29, 0.717) is 39.9 Å². The second kappa shape index (κ2) is 10.2. The van der Waals surface area contributed by atoms with Crippen molar-refractivity contribution >= 4 is 27.9 Å². The van der Waals surface area contributed by atoms with Gasteiger partial charge in [-0.25, -0.2) is 18.0 Å². The topological polar surface area (TPSA) is 69.3 Å². The first-order chi connectivity index (χ1) is 20.4. The first-order valence-electron chi connectivity index (χ1n) is 12.7. The first kappa shape index (κ1) is 27.9. The molecule has 2 heterocycles. The summed E-state index contributed by atoms with van der Waals surface area (Å²) in [6.45, 7) is 1.10. The van der Waals surface area contributed by atoms with Gasteiger partial charge in [0.05, 0.1) is 23.3 Å². The molecule has 0 bridgehead atoms. The fraction of sp³-hybridized carbons (Fsp3) is 0.0968. The molecule has 1 N–H and O–H groups in total. The van der Waals surface area contributed by atoms with Crippen LogP contribution in [0.1, 0.15) is 16.7 Å². The molecular formula is C31H19F6N3O3. The van der Waals surface area contributed by atoms with E-state index >= 15 is 0 Å². The Kier molecular flexibility index (Phi) is 6.63. The van der Waals surface area contributed by atoms with Gasteiger partial charge in [-0.15, -0.1) is 0 Å². The lowest BCUT2D eigenvalue weighted by molar-refractivity contribution is -0.136. The minimum Gasteiger partial charge on any atom is -0.464 e. The molecule has 0 radical (unpaired) electrons. The van der Waals surface area contributed by atoms with Gasteiger partial charge in [0, 0.05) is 40.2 Å². The molecule has 0 aliphatic heterocycles. The van der Waals surface area contributed by atoms with Gasteiger partial charge in [-0.1, -0.05) is 24.3 Å². The lowest BCUT2D eigenvalue weighted by atomic mass is 10.0. The number of alkyl halides is 3. The van der Waals surface area contributed by atoms with Gasteiger partial charge in [0.25, 0.3) is 0 Å². The molecule has 0 aliphatic rings. The van der Waals surface area contributed by atoms with Gasteiger partial charge in [0.15, 0.2) is 0 Å². The molecule has 0 saturated carbocycles. The van der Waals surface area contributed by atoms with Crippen molar-refractivity contribution < 1.29 is 41.0 Å². The molecule has 0 amide bonds. The highest BCUT2D eigenvalue weighted by molar-refractivity contribution is 5.95. The third-order valence-electron chi connectivity index (χ3n) is 7.02. The standard InChI is InChI=1S/C31H19F6N3O3/c1-16-10-26-17(8-9-39(26)30(41)42)12-27(16)43-20-5-2-4-18(11-20)29-21-6-3-7-23(31(35,36)37)28(21)38-40(29)15-22-24(33)13-19(32)14-25(22)34/h2-14H,15H2,1H3,(H,41,42). The van der Waals surface area contributed by atoms with Crippen LogP contribution < -0.4 is 4.74 Å². The maximum absolute atomic E-state index is 14.6. The highest BCUT2D eigenvalue weighted by Gasteiger charge is 2.35. The van der Waals surface area contributed by atoms with E-state index in [4.69, 9.17) is 4.74 Å². The van der Waals surface area contributed by atoms with E-state index in [2.05, 4.69) is 5.10 Å². The molecule has 0 saturated heterocycles. The summed E-state index contributed by atoms with van der Waals surface area (Å²) in [4.78, 5) is 11.5. The molecule has 0 unspecified atom stereocenters. The second-order valence-electron chi connectivity index (χ2n) is 9.83. The van der Waals surface area contributed by atoms with Gasteiger partial charge in [0.1, 0.15) is 34.5 Å². The summed E-state index contributed by atoms with van der Waals surface area (Å²) in [5, 5.41) is 14.2. The molecule has 0 atom stereocenters. The van der Waals surface area contributed by atoms with Crippen LogP contribution in [-0.2, 0) is 12.7 Å². The summed E-state index contributed by atoms with van der Waals surface area (Å²) in [6, 6.07) is 15.7. The SMILES string of the molecule is Cc1cc2c(ccn2C(=O)O)cc1Oc1cccc(-c2c3cccc(C(F)(F)F)c3nn2Cc2c(F)cc(F)cc2F)c1. The average molecular weight is 595 g/mol. The Morgan fingerprint density at radius 3 is 2.37 bits per heavy atom. The molecule has 0 fully saturated rings. The third kappa shape index (κ3) is 5.05. The first-order valence-corrected chi connectivity index (χ1v) is 12.7. The molecular weight excluding hydrogens is 576 g/mol. The Balaban J connectivity index is 1.47. The quantitative estimate of drug-likeness (QED) is 0.202.